The summed E-state index contributed by atoms with van der Waals surface area (Å²) in [4.78, 5) is 12.9. The van der Waals surface area contributed by atoms with Crippen molar-refractivity contribution in [3.63, 3.8) is 0 Å². The Hall–Kier alpha value is -1.08. The molecule has 0 amide bonds. The van der Waals surface area contributed by atoms with Gasteiger partial charge in [-0.15, -0.1) is 5.10 Å². The first-order valence-electron chi connectivity index (χ1n) is 6.14. The van der Waals surface area contributed by atoms with Crippen molar-refractivity contribution in [1.29, 1.82) is 0 Å². The van der Waals surface area contributed by atoms with Crippen LogP contribution in [0.3, 0.4) is 0 Å². The first-order valence-corrected chi connectivity index (χ1v) is 7.71. The Morgan fingerprint density at radius 1 is 1.42 bits per heavy atom. The van der Waals surface area contributed by atoms with E-state index in [2.05, 4.69) is 37.5 Å². The number of carbonyl (C=O) groups excluding carboxylic acids is 1. The van der Waals surface area contributed by atoms with Crippen molar-refractivity contribution in [1.82, 2.24) is 19.4 Å². The van der Waals surface area contributed by atoms with Gasteiger partial charge in [0, 0.05) is 6.54 Å². The van der Waals surface area contributed by atoms with Crippen LogP contribution in [0.2, 0.25) is 0 Å². The van der Waals surface area contributed by atoms with E-state index < -0.39 is 0 Å². The number of aryl methyl sites for hydroxylation is 3. The summed E-state index contributed by atoms with van der Waals surface area (Å²) in [5, 5.41) is 8.37. The molecule has 2 rings (SSSR count). The van der Waals surface area contributed by atoms with Gasteiger partial charge in [-0.3, -0.25) is 9.48 Å². The molecule has 0 aliphatic rings. The summed E-state index contributed by atoms with van der Waals surface area (Å²) in [5.74, 6) is 0.0467. The Bertz CT molecular complexity index is 605. The lowest BCUT2D eigenvalue weighted by Crippen LogP contribution is -2.10. The monoisotopic (exact) mass is 342 g/mol. The summed E-state index contributed by atoms with van der Waals surface area (Å²) in [7, 11) is 0. The zero-order valence-corrected chi connectivity index (χ0v) is 13.5. The molecule has 0 bridgehead atoms. The lowest BCUT2D eigenvalue weighted by atomic mass is 10.1. The molecule has 19 heavy (non-hydrogen) atoms. The van der Waals surface area contributed by atoms with Crippen LogP contribution in [0.15, 0.2) is 4.47 Å². The minimum Gasteiger partial charge on any atom is -0.293 e. The highest BCUT2D eigenvalue weighted by molar-refractivity contribution is 9.10. The molecule has 0 aliphatic carbocycles. The first kappa shape index (κ1) is 14.3. The van der Waals surface area contributed by atoms with Crippen LogP contribution in [-0.4, -0.2) is 25.2 Å². The molecule has 2 heterocycles. The van der Waals surface area contributed by atoms with Crippen molar-refractivity contribution in [2.75, 3.05) is 0 Å². The van der Waals surface area contributed by atoms with Crippen molar-refractivity contribution in [2.45, 2.75) is 40.2 Å². The molecule has 0 saturated carbocycles. The second-order valence-corrected chi connectivity index (χ2v) is 5.71. The van der Waals surface area contributed by atoms with Gasteiger partial charge in [0.15, 0.2) is 5.78 Å². The SMILES string of the molecule is CCc1nn(CC)c(CC(=O)c2snnc2C)c1Br. The van der Waals surface area contributed by atoms with Crippen LogP contribution < -0.4 is 0 Å². The van der Waals surface area contributed by atoms with Crippen LogP contribution in [0.5, 0.6) is 0 Å². The second-order valence-electron chi connectivity index (χ2n) is 4.16. The summed E-state index contributed by atoms with van der Waals surface area (Å²) in [6, 6.07) is 0. The van der Waals surface area contributed by atoms with Gasteiger partial charge in [0.1, 0.15) is 4.88 Å². The molecule has 7 heteroatoms. The lowest BCUT2D eigenvalue weighted by molar-refractivity contribution is 0.0993. The third-order valence-corrected chi connectivity index (χ3v) is 4.71. The van der Waals surface area contributed by atoms with Crippen LogP contribution in [0.25, 0.3) is 0 Å². The van der Waals surface area contributed by atoms with E-state index in [1.165, 1.54) is 0 Å². The fourth-order valence-electron chi connectivity index (χ4n) is 1.91. The van der Waals surface area contributed by atoms with Gasteiger partial charge in [0.25, 0.3) is 0 Å². The van der Waals surface area contributed by atoms with Crippen molar-refractivity contribution in [3.8, 4) is 0 Å². The standard InChI is InChI=1S/C12H15BrN4OS/c1-4-8-11(13)9(17(5-2)15-8)6-10(18)12-7(3)14-16-19-12/h4-6H2,1-3H3. The largest absolute Gasteiger partial charge is 0.293 e. The van der Waals surface area contributed by atoms with Gasteiger partial charge in [0.2, 0.25) is 0 Å². The van der Waals surface area contributed by atoms with Crippen molar-refractivity contribution in [2.24, 2.45) is 0 Å². The number of hydrogen-bond acceptors (Lipinski definition) is 5. The number of rotatable bonds is 5. The Kier molecular flexibility index (Phi) is 4.46. The van der Waals surface area contributed by atoms with E-state index in [-0.39, 0.29) is 5.78 Å². The number of nitrogens with zero attached hydrogens (tertiary/aromatic N) is 4. The van der Waals surface area contributed by atoms with E-state index in [0.29, 0.717) is 17.0 Å². The molecule has 0 N–H and O–H groups in total. The molecule has 0 radical (unpaired) electrons. The normalized spacial score (nSPS) is 10.9. The topological polar surface area (TPSA) is 60.7 Å². The fraction of sp³-hybridized carbons (Fsp3) is 0.500. The Balaban J connectivity index is 2.31. The van der Waals surface area contributed by atoms with Gasteiger partial charge in [-0.1, -0.05) is 11.4 Å². The number of aromatic nitrogens is 4. The van der Waals surface area contributed by atoms with Crippen LogP contribution in [0, 0.1) is 6.92 Å². The molecule has 0 fully saturated rings. The number of ketones is 1. The molecule has 0 aromatic carbocycles. The van der Waals surface area contributed by atoms with Gasteiger partial charge in [-0.25, -0.2) is 0 Å². The molecule has 0 aliphatic heterocycles. The minimum absolute atomic E-state index is 0.0467. The van der Waals surface area contributed by atoms with Crippen LogP contribution >= 0.6 is 27.5 Å². The molecular formula is C12H15BrN4OS. The molecule has 2 aromatic rings. The highest BCUT2D eigenvalue weighted by atomic mass is 79.9. The van der Waals surface area contributed by atoms with Gasteiger partial charge < -0.3 is 0 Å². The van der Waals surface area contributed by atoms with E-state index >= 15 is 0 Å². The van der Waals surface area contributed by atoms with Crippen molar-refractivity contribution >= 4 is 33.2 Å². The third-order valence-electron chi connectivity index (χ3n) is 2.93. The van der Waals surface area contributed by atoms with Gasteiger partial charge in [0.05, 0.1) is 28.0 Å². The van der Waals surface area contributed by atoms with Crippen molar-refractivity contribution in [3.05, 3.63) is 26.4 Å². The molecule has 0 atom stereocenters. The van der Waals surface area contributed by atoms with Gasteiger partial charge in [-0.05, 0) is 47.7 Å². The van der Waals surface area contributed by atoms with E-state index in [1.807, 2.05) is 11.6 Å². The Morgan fingerprint density at radius 2 is 2.16 bits per heavy atom. The fourth-order valence-corrected chi connectivity index (χ4v) is 3.20. The molecule has 0 spiro atoms. The van der Waals surface area contributed by atoms with E-state index in [4.69, 9.17) is 0 Å². The average Bonchev–Trinajstić information content (AvgIpc) is 2.95. The van der Waals surface area contributed by atoms with Crippen LogP contribution in [-0.2, 0) is 19.4 Å². The maximum absolute atomic E-state index is 12.3. The Labute approximate surface area is 124 Å². The first-order chi connectivity index (χ1) is 9.08. The molecule has 2 aromatic heterocycles. The zero-order valence-electron chi connectivity index (χ0n) is 11.1. The van der Waals surface area contributed by atoms with E-state index in [9.17, 15) is 4.79 Å². The molecule has 102 valence electrons. The highest BCUT2D eigenvalue weighted by Gasteiger charge is 2.20. The summed E-state index contributed by atoms with van der Waals surface area (Å²) in [5.41, 5.74) is 2.62. The average molecular weight is 343 g/mol. The summed E-state index contributed by atoms with van der Waals surface area (Å²) in [6.07, 6.45) is 1.17. The highest BCUT2D eigenvalue weighted by Crippen LogP contribution is 2.24. The zero-order chi connectivity index (χ0) is 14.0. The molecule has 0 saturated heterocycles. The predicted molar refractivity (Wildman–Crippen MR) is 77.7 cm³/mol. The second kappa shape index (κ2) is 5.92. The van der Waals surface area contributed by atoms with Gasteiger partial charge in [-0.2, -0.15) is 5.10 Å². The predicted octanol–water partition coefficient (Wildman–Crippen LogP) is 2.81. The maximum atomic E-state index is 12.3. The van der Waals surface area contributed by atoms with E-state index in [1.54, 1.807) is 6.92 Å². The molecule has 5 nitrogen and oxygen atoms in total. The summed E-state index contributed by atoms with van der Waals surface area (Å²) >= 11 is 4.70. The number of Topliss-reactive ketones (excluding diaryl/α,β-unsaturated/α-hetero) is 1. The summed E-state index contributed by atoms with van der Waals surface area (Å²) in [6.45, 7) is 6.63. The number of carbonyl (C=O) groups is 1. The molecular weight excluding hydrogens is 328 g/mol. The van der Waals surface area contributed by atoms with E-state index in [0.717, 1.165) is 40.4 Å². The smallest absolute Gasteiger partial charge is 0.182 e. The quantitative estimate of drug-likeness (QED) is 0.784. The minimum atomic E-state index is 0.0467. The number of hydrogen-bond donors (Lipinski definition) is 0. The van der Waals surface area contributed by atoms with Crippen LogP contribution in [0.4, 0.5) is 0 Å². The maximum Gasteiger partial charge on any atom is 0.182 e. The summed E-state index contributed by atoms with van der Waals surface area (Å²) < 4.78 is 6.63. The lowest BCUT2D eigenvalue weighted by Gasteiger charge is -2.04. The molecule has 0 unspecified atom stereocenters. The number of halogens is 1. The Morgan fingerprint density at radius 3 is 2.68 bits per heavy atom. The van der Waals surface area contributed by atoms with Gasteiger partial charge >= 0.3 is 0 Å². The van der Waals surface area contributed by atoms with Crippen molar-refractivity contribution < 1.29 is 4.79 Å². The van der Waals surface area contributed by atoms with Crippen LogP contribution in [0.1, 0.15) is 40.6 Å². The third kappa shape index (κ3) is 2.76.